The van der Waals surface area contributed by atoms with E-state index in [1.54, 1.807) is 10.6 Å². The second kappa shape index (κ2) is 3.63. The van der Waals surface area contributed by atoms with Crippen molar-refractivity contribution in [3.05, 3.63) is 64.6 Å². The first-order valence-corrected chi connectivity index (χ1v) is 5.43. The maximum Gasteiger partial charge on any atom is 0.424 e. The Labute approximate surface area is 97.9 Å². The van der Waals surface area contributed by atoms with Crippen molar-refractivity contribution >= 4 is 11.1 Å². The van der Waals surface area contributed by atoms with E-state index in [4.69, 9.17) is 4.42 Å². The van der Waals surface area contributed by atoms with Crippen molar-refractivity contribution < 1.29 is 4.42 Å². The van der Waals surface area contributed by atoms with Crippen LogP contribution >= 0.6 is 0 Å². The van der Waals surface area contributed by atoms with Gasteiger partial charge in [0.15, 0.2) is 5.58 Å². The Bertz CT molecular complexity index is 720. The van der Waals surface area contributed by atoms with E-state index in [1.165, 1.54) is 0 Å². The molecule has 0 aliphatic heterocycles. The molecule has 0 N–H and O–H groups in total. The molecule has 1 aromatic heterocycles. The molecule has 17 heavy (non-hydrogen) atoms. The van der Waals surface area contributed by atoms with Crippen LogP contribution in [-0.2, 0) is 0 Å². The van der Waals surface area contributed by atoms with Crippen LogP contribution in [0.4, 0.5) is 0 Å². The van der Waals surface area contributed by atoms with Gasteiger partial charge in [0.05, 0.1) is 11.2 Å². The number of aryl methyl sites for hydroxylation is 1. The fourth-order valence-corrected chi connectivity index (χ4v) is 1.90. The van der Waals surface area contributed by atoms with Crippen LogP contribution in [0.15, 0.2) is 57.7 Å². The zero-order valence-electron chi connectivity index (χ0n) is 9.38. The molecular weight excluding hydrogens is 214 g/mol. The van der Waals surface area contributed by atoms with Gasteiger partial charge in [0.1, 0.15) is 0 Å². The molecule has 0 aliphatic rings. The van der Waals surface area contributed by atoms with Crippen molar-refractivity contribution in [1.29, 1.82) is 0 Å². The summed E-state index contributed by atoms with van der Waals surface area (Å²) in [4.78, 5) is 11.8. The number of oxazole rings is 1. The molecule has 0 unspecified atom stereocenters. The van der Waals surface area contributed by atoms with Gasteiger partial charge >= 0.3 is 5.76 Å². The number of nitrogens with zero attached hydrogens (tertiary/aromatic N) is 1. The molecule has 1 heterocycles. The lowest BCUT2D eigenvalue weighted by atomic mass is 10.2. The van der Waals surface area contributed by atoms with Crippen LogP contribution in [0, 0.1) is 6.92 Å². The van der Waals surface area contributed by atoms with Crippen LogP contribution in [0.1, 0.15) is 5.56 Å². The number of fused-ring (bicyclic) bond motifs is 1. The van der Waals surface area contributed by atoms with E-state index >= 15 is 0 Å². The Morgan fingerprint density at radius 3 is 2.47 bits per heavy atom. The molecule has 3 nitrogen and oxygen atoms in total. The van der Waals surface area contributed by atoms with Gasteiger partial charge in [-0.2, -0.15) is 0 Å². The number of hydrogen-bond acceptors (Lipinski definition) is 2. The average Bonchev–Trinajstić information content (AvgIpc) is 2.66. The molecule has 0 amide bonds. The van der Waals surface area contributed by atoms with Gasteiger partial charge in [0.25, 0.3) is 0 Å². The van der Waals surface area contributed by atoms with E-state index in [0.29, 0.717) is 5.58 Å². The largest absolute Gasteiger partial charge is 0.424 e. The Kier molecular flexibility index (Phi) is 2.11. The summed E-state index contributed by atoms with van der Waals surface area (Å²) < 4.78 is 6.77. The predicted octanol–water partition coefficient (Wildman–Crippen LogP) is 2.89. The highest BCUT2D eigenvalue weighted by Gasteiger charge is 2.09. The fraction of sp³-hybridized carbons (Fsp3) is 0.0714. The molecule has 3 rings (SSSR count). The molecule has 2 aromatic carbocycles. The number of rotatable bonds is 1. The van der Waals surface area contributed by atoms with Crippen molar-refractivity contribution in [2.75, 3.05) is 0 Å². The van der Waals surface area contributed by atoms with Crippen LogP contribution in [-0.4, -0.2) is 4.57 Å². The van der Waals surface area contributed by atoms with Gasteiger partial charge in [-0.05, 0) is 31.2 Å². The summed E-state index contributed by atoms with van der Waals surface area (Å²) in [6, 6.07) is 15.2. The van der Waals surface area contributed by atoms with Gasteiger partial charge < -0.3 is 4.42 Å². The molecule has 84 valence electrons. The molecule has 3 aromatic rings. The molecule has 0 atom stereocenters. The number of aromatic nitrogens is 1. The van der Waals surface area contributed by atoms with Gasteiger partial charge in [-0.3, -0.25) is 0 Å². The first kappa shape index (κ1) is 9.90. The number of benzene rings is 2. The second-order valence-electron chi connectivity index (χ2n) is 4.01. The van der Waals surface area contributed by atoms with Crippen LogP contribution in [0.5, 0.6) is 0 Å². The topological polar surface area (TPSA) is 35.1 Å². The quantitative estimate of drug-likeness (QED) is 0.638. The highest BCUT2D eigenvalue weighted by molar-refractivity contribution is 5.74. The zero-order valence-corrected chi connectivity index (χ0v) is 9.38. The van der Waals surface area contributed by atoms with Crippen LogP contribution in [0.25, 0.3) is 16.8 Å². The lowest BCUT2D eigenvalue weighted by Crippen LogP contribution is -2.11. The van der Waals surface area contributed by atoms with Crippen molar-refractivity contribution in [1.82, 2.24) is 4.57 Å². The van der Waals surface area contributed by atoms with Gasteiger partial charge in [0, 0.05) is 0 Å². The molecule has 0 radical (unpaired) electrons. The standard InChI is InChI=1S/C14H11NO2/c1-10-6-8-11(9-7-10)15-12-4-2-3-5-13(12)17-14(15)16/h2-9H,1H3. The first-order chi connectivity index (χ1) is 8.25. The summed E-state index contributed by atoms with van der Waals surface area (Å²) in [6.07, 6.45) is 0. The minimum Gasteiger partial charge on any atom is -0.407 e. The minimum atomic E-state index is -0.352. The van der Waals surface area contributed by atoms with Crippen LogP contribution in [0.2, 0.25) is 0 Å². The lowest BCUT2D eigenvalue weighted by molar-refractivity contribution is 0.540. The maximum absolute atomic E-state index is 11.8. The monoisotopic (exact) mass is 225 g/mol. The van der Waals surface area contributed by atoms with Crippen LogP contribution < -0.4 is 5.76 Å². The average molecular weight is 225 g/mol. The summed E-state index contributed by atoms with van der Waals surface area (Å²) in [5.74, 6) is -0.352. The van der Waals surface area contributed by atoms with E-state index in [1.807, 2.05) is 49.4 Å². The smallest absolute Gasteiger partial charge is 0.407 e. The lowest BCUT2D eigenvalue weighted by Gasteiger charge is -2.01. The summed E-state index contributed by atoms with van der Waals surface area (Å²) in [7, 11) is 0. The van der Waals surface area contributed by atoms with Crippen LogP contribution in [0.3, 0.4) is 0 Å². The SMILES string of the molecule is Cc1ccc(-n2c(=O)oc3ccccc32)cc1. The third-order valence-electron chi connectivity index (χ3n) is 2.78. The summed E-state index contributed by atoms with van der Waals surface area (Å²) >= 11 is 0. The molecule has 0 spiro atoms. The highest BCUT2D eigenvalue weighted by atomic mass is 16.4. The van der Waals surface area contributed by atoms with Gasteiger partial charge in [-0.15, -0.1) is 0 Å². The van der Waals surface area contributed by atoms with Crippen molar-refractivity contribution in [3.63, 3.8) is 0 Å². The molecule has 0 saturated heterocycles. The minimum absolute atomic E-state index is 0.352. The Hall–Kier alpha value is -2.29. The first-order valence-electron chi connectivity index (χ1n) is 5.43. The van der Waals surface area contributed by atoms with Gasteiger partial charge in [-0.1, -0.05) is 29.8 Å². The van der Waals surface area contributed by atoms with Crippen molar-refractivity contribution in [2.45, 2.75) is 6.92 Å². The normalized spacial score (nSPS) is 10.9. The summed E-state index contributed by atoms with van der Waals surface area (Å²) in [6.45, 7) is 2.01. The third kappa shape index (κ3) is 1.56. The van der Waals surface area contributed by atoms with Crippen molar-refractivity contribution in [2.24, 2.45) is 0 Å². The van der Waals surface area contributed by atoms with E-state index in [-0.39, 0.29) is 5.76 Å². The molecule has 0 saturated carbocycles. The highest BCUT2D eigenvalue weighted by Crippen LogP contribution is 2.17. The molecule has 0 bridgehead atoms. The summed E-state index contributed by atoms with van der Waals surface area (Å²) in [5, 5.41) is 0. The predicted molar refractivity (Wildman–Crippen MR) is 66.5 cm³/mol. The Balaban J connectivity index is 2.33. The molecule has 3 heteroatoms. The summed E-state index contributed by atoms with van der Waals surface area (Å²) in [5.41, 5.74) is 3.39. The third-order valence-corrected chi connectivity index (χ3v) is 2.78. The Morgan fingerprint density at radius 1 is 1.00 bits per heavy atom. The van der Waals surface area contributed by atoms with E-state index in [9.17, 15) is 4.79 Å². The Morgan fingerprint density at radius 2 is 1.71 bits per heavy atom. The van der Waals surface area contributed by atoms with E-state index in [0.717, 1.165) is 16.8 Å². The fourth-order valence-electron chi connectivity index (χ4n) is 1.90. The van der Waals surface area contributed by atoms with E-state index < -0.39 is 0 Å². The zero-order chi connectivity index (χ0) is 11.8. The molecular formula is C14H11NO2. The maximum atomic E-state index is 11.8. The number of hydrogen-bond donors (Lipinski definition) is 0. The molecule has 0 fully saturated rings. The van der Waals surface area contributed by atoms with Crippen molar-refractivity contribution in [3.8, 4) is 5.69 Å². The van der Waals surface area contributed by atoms with Gasteiger partial charge in [-0.25, -0.2) is 9.36 Å². The van der Waals surface area contributed by atoms with Gasteiger partial charge in [0.2, 0.25) is 0 Å². The molecule has 0 aliphatic carbocycles. The second-order valence-corrected chi connectivity index (χ2v) is 4.01. The van der Waals surface area contributed by atoms with E-state index in [2.05, 4.69) is 0 Å². The number of para-hydroxylation sites is 2.